The second-order valence-corrected chi connectivity index (χ2v) is 6.04. The van der Waals surface area contributed by atoms with Gasteiger partial charge in [-0.1, -0.05) is 18.5 Å². The molecule has 4 heteroatoms. The van der Waals surface area contributed by atoms with Crippen LogP contribution in [0.15, 0.2) is 30.5 Å². The van der Waals surface area contributed by atoms with Crippen molar-refractivity contribution in [3.63, 3.8) is 0 Å². The number of nitrogens with zero attached hydrogens (tertiary/aromatic N) is 2. The van der Waals surface area contributed by atoms with E-state index in [9.17, 15) is 0 Å². The number of nitrogens with one attached hydrogen (secondary N) is 1. The normalized spacial score (nSPS) is 12.8. The molecule has 2 aromatic rings. The molecule has 3 nitrogen and oxygen atoms in total. The summed E-state index contributed by atoms with van der Waals surface area (Å²) in [6, 6.07) is 8.33. The van der Waals surface area contributed by atoms with E-state index in [1.807, 2.05) is 30.5 Å². The standard InChI is InChI=1S/C17H24ClN3/c1-4-21(3)11-5-6-13(2)20-16-9-10-19-17-12-14(18)7-8-15(16)17/h7-10,12-13H,4-6,11H2,1-3H3,(H,19,20). The van der Waals surface area contributed by atoms with E-state index in [4.69, 9.17) is 11.6 Å². The summed E-state index contributed by atoms with van der Waals surface area (Å²) in [5.74, 6) is 0. The monoisotopic (exact) mass is 305 g/mol. The second kappa shape index (κ2) is 7.62. The van der Waals surface area contributed by atoms with Crippen LogP contribution in [0.2, 0.25) is 5.02 Å². The summed E-state index contributed by atoms with van der Waals surface area (Å²) >= 11 is 6.02. The van der Waals surface area contributed by atoms with Gasteiger partial charge >= 0.3 is 0 Å². The van der Waals surface area contributed by atoms with Crippen LogP contribution < -0.4 is 5.32 Å². The van der Waals surface area contributed by atoms with Crippen LogP contribution in [0.4, 0.5) is 5.69 Å². The zero-order chi connectivity index (χ0) is 15.2. The van der Waals surface area contributed by atoms with Crippen LogP contribution in [-0.2, 0) is 0 Å². The lowest BCUT2D eigenvalue weighted by atomic mass is 10.1. The van der Waals surface area contributed by atoms with Gasteiger partial charge in [0.25, 0.3) is 0 Å². The first-order chi connectivity index (χ1) is 10.1. The zero-order valence-corrected chi connectivity index (χ0v) is 13.8. The van der Waals surface area contributed by atoms with Crippen LogP contribution in [0.3, 0.4) is 0 Å². The van der Waals surface area contributed by atoms with E-state index in [1.54, 1.807) is 0 Å². The Morgan fingerprint density at radius 2 is 2.14 bits per heavy atom. The molecule has 0 amide bonds. The highest BCUT2D eigenvalue weighted by Gasteiger charge is 2.07. The number of anilines is 1. The summed E-state index contributed by atoms with van der Waals surface area (Å²) in [7, 11) is 2.16. The van der Waals surface area contributed by atoms with Gasteiger partial charge in [0.15, 0.2) is 0 Å². The Kier molecular flexibility index (Phi) is 5.83. The van der Waals surface area contributed by atoms with E-state index in [2.05, 4.69) is 36.1 Å². The van der Waals surface area contributed by atoms with Crippen molar-refractivity contribution in [2.24, 2.45) is 0 Å². The molecule has 114 valence electrons. The van der Waals surface area contributed by atoms with Crippen LogP contribution in [0, 0.1) is 0 Å². The number of halogens is 1. The Morgan fingerprint density at radius 3 is 2.90 bits per heavy atom. The van der Waals surface area contributed by atoms with Crippen molar-refractivity contribution in [1.29, 1.82) is 0 Å². The first-order valence-electron chi connectivity index (χ1n) is 7.59. The summed E-state index contributed by atoms with van der Waals surface area (Å²) in [5, 5.41) is 5.44. The molecule has 0 spiro atoms. The van der Waals surface area contributed by atoms with Crippen molar-refractivity contribution in [1.82, 2.24) is 9.88 Å². The topological polar surface area (TPSA) is 28.2 Å². The summed E-state index contributed by atoms with van der Waals surface area (Å²) in [5.41, 5.74) is 2.07. The molecule has 1 atom stereocenters. The molecule has 2 rings (SSSR count). The molecule has 0 saturated heterocycles. The number of pyridine rings is 1. The largest absolute Gasteiger partial charge is 0.382 e. The maximum atomic E-state index is 6.02. The number of aromatic nitrogens is 1. The van der Waals surface area contributed by atoms with E-state index >= 15 is 0 Å². The number of hydrogen-bond acceptors (Lipinski definition) is 3. The first kappa shape index (κ1) is 16.1. The van der Waals surface area contributed by atoms with Gasteiger partial charge < -0.3 is 10.2 Å². The van der Waals surface area contributed by atoms with E-state index in [-0.39, 0.29) is 0 Å². The summed E-state index contributed by atoms with van der Waals surface area (Å²) < 4.78 is 0. The van der Waals surface area contributed by atoms with Crippen LogP contribution >= 0.6 is 11.6 Å². The van der Waals surface area contributed by atoms with E-state index in [1.165, 1.54) is 6.42 Å². The third kappa shape index (κ3) is 4.58. The second-order valence-electron chi connectivity index (χ2n) is 5.60. The molecule has 21 heavy (non-hydrogen) atoms. The SMILES string of the molecule is CCN(C)CCCC(C)Nc1ccnc2cc(Cl)ccc12. The number of fused-ring (bicyclic) bond motifs is 1. The number of hydrogen-bond donors (Lipinski definition) is 1. The summed E-state index contributed by atoms with van der Waals surface area (Å²) in [4.78, 5) is 6.72. The average molecular weight is 306 g/mol. The molecule has 0 bridgehead atoms. The molecule has 0 aliphatic rings. The van der Waals surface area contributed by atoms with Gasteiger partial charge in [-0.2, -0.15) is 0 Å². The lowest BCUT2D eigenvalue weighted by Gasteiger charge is -2.19. The van der Waals surface area contributed by atoms with Gasteiger partial charge in [-0.05, 0) is 64.2 Å². The fourth-order valence-electron chi connectivity index (χ4n) is 2.41. The predicted octanol–water partition coefficient (Wildman–Crippen LogP) is 4.42. The fourth-order valence-corrected chi connectivity index (χ4v) is 2.58. The molecular weight excluding hydrogens is 282 g/mol. The summed E-state index contributed by atoms with van der Waals surface area (Å²) in [6.45, 7) is 6.68. The Hall–Kier alpha value is -1.32. The van der Waals surface area contributed by atoms with Gasteiger partial charge in [0.2, 0.25) is 0 Å². The van der Waals surface area contributed by atoms with Crippen LogP contribution in [0.5, 0.6) is 0 Å². The van der Waals surface area contributed by atoms with Crippen molar-refractivity contribution in [3.05, 3.63) is 35.5 Å². The van der Waals surface area contributed by atoms with Crippen LogP contribution in [0.25, 0.3) is 10.9 Å². The van der Waals surface area contributed by atoms with Crippen molar-refractivity contribution in [2.75, 3.05) is 25.5 Å². The maximum Gasteiger partial charge on any atom is 0.0737 e. The zero-order valence-electron chi connectivity index (χ0n) is 13.1. The van der Waals surface area contributed by atoms with E-state index < -0.39 is 0 Å². The minimum absolute atomic E-state index is 0.441. The highest BCUT2D eigenvalue weighted by Crippen LogP contribution is 2.25. The predicted molar refractivity (Wildman–Crippen MR) is 92.2 cm³/mol. The Morgan fingerprint density at radius 1 is 1.33 bits per heavy atom. The van der Waals surface area contributed by atoms with Crippen molar-refractivity contribution >= 4 is 28.2 Å². The Balaban J connectivity index is 1.99. The van der Waals surface area contributed by atoms with Crippen molar-refractivity contribution in [3.8, 4) is 0 Å². The van der Waals surface area contributed by atoms with Gasteiger partial charge in [-0.25, -0.2) is 0 Å². The van der Waals surface area contributed by atoms with Crippen molar-refractivity contribution < 1.29 is 0 Å². The molecule has 0 saturated carbocycles. The average Bonchev–Trinajstić information content (AvgIpc) is 2.47. The third-order valence-corrected chi connectivity index (χ3v) is 4.06. The lowest BCUT2D eigenvalue weighted by molar-refractivity contribution is 0.340. The maximum absolute atomic E-state index is 6.02. The molecule has 0 aliphatic heterocycles. The lowest BCUT2D eigenvalue weighted by Crippen LogP contribution is -2.22. The molecule has 1 aromatic heterocycles. The Labute approximate surface area is 132 Å². The minimum atomic E-state index is 0.441. The van der Waals surface area contributed by atoms with Gasteiger partial charge in [-0.15, -0.1) is 0 Å². The van der Waals surface area contributed by atoms with Crippen LogP contribution in [-0.4, -0.2) is 36.1 Å². The summed E-state index contributed by atoms with van der Waals surface area (Å²) in [6.07, 6.45) is 4.19. The smallest absolute Gasteiger partial charge is 0.0737 e. The van der Waals surface area contributed by atoms with Gasteiger partial charge in [0.1, 0.15) is 0 Å². The van der Waals surface area contributed by atoms with Gasteiger partial charge in [-0.3, -0.25) is 4.98 Å². The molecule has 0 radical (unpaired) electrons. The molecule has 1 N–H and O–H groups in total. The third-order valence-electron chi connectivity index (χ3n) is 3.82. The Bertz CT molecular complexity index is 585. The molecule has 1 heterocycles. The van der Waals surface area contributed by atoms with Crippen LogP contribution in [0.1, 0.15) is 26.7 Å². The minimum Gasteiger partial charge on any atom is -0.382 e. The molecule has 0 aliphatic carbocycles. The highest BCUT2D eigenvalue weighted by atomic mass is 35.5. The molecule has 1 aromatic carbocycles. The molecule has 1 unspecified atom stereocenters. The van der Waals surface area contributed by atoms with Gasteiger partial charge in [0.05, 0.1) is 5.52 Å². The number of rotatable bonds is 7. The number of benzene rings is 1. The van der Waals surface area contributed by atoms with E-state index in [0.717, 1.165) is 41.1 Å². The molecular formula is C17H24ClN3. The first-order valence-corrected chi connectivity index (χ1v) is 7.97. The van der Waals surface area contributed by atoms with E-state index in [0.29, 0.717) is 6.04 Å². The fraction of sp³-hybridized carbons (Fsp3) is 0.471. The quantitative estimate of drug-likeness (QED) is 0.820. The van der Waals surface area contributed by atoms with Gasteiger partial charge in [0, 0.05) is 28.3 Å². The van der Waals surface area contributed by atoms with Crippen molar-refractivity contribution in [2.45, 2.75) is 32.7 Å². The molecule has 0 fully saturated rings. The highest BCUT2D eigenvalue weighted by molar-refractivity contribution is 6.31.